The lowest BCUT2D eigenvalue weighted by atomic mass is 10.00. The molecular weight excluding hydrogens is 323 g/mol. The molecule has 20 heavy (non-hydrogen) atoms. The van der Waals surface area contributed by atoms with E-state index in [0.29, 0.717) is 16.6 Å². The number of halogens is 2. The highest BCUT2D eigenvalue weighted by Crippen LogP contribution is 2.30. The maximum atomic E-state index is 13.5. The van der Waals surface area contributed by atoms with Crippen molar-refractivity contribution in [2.24, 2.45) is 0 Å². The maximum Gasteiger partial charge on any atom is 0.137 e. The Labute approximate surface area is 126 Å². The van der Waals surface area contributed by atoms with E-state index in [4.69, 9.17) is 4.74 Å². The van der Waals surface area contributed by atoms with Crippen LogP contribution < -0.4 is 0 Å². The third-order valence-electron chi connectivity index (χ3n) is 3.17. The Morgan fingerprint density at radius 2 is 1.90 bits per heavy atom. The van der Waals surface area contributed by atoms with Crippen LogP contribution in [0.2, 0.25) is 0 Å². The molecule has 0 saturated carbocycles. The van der Waals surface area contributed by atoms with Gasteiger partial charge in [0.25, 0.3) is 0 Å². The van der Waals surface area contributed by atoms with Crippen LogP contribution in [0.15, 0.2) is 46.9 Å². The van der Waals surface area contributed by atoms with Crippen LogP contribution >= 0.6 is 15.9 Å². The molecule has 2 rings (SSSR count). The zero-order valence-corrected chi connectivity index (χ0v) is 12.7. The Bertz CT molecular complexity index is 569. The average Bonchev–Trinajstić information content (AvgIpc) is 2.48. The Morgan fingerprint density at radius 3 is 2.55 bits per heavy atom. The number of methoxy groups -OCH3 is 1. The molecule has 4 heteroatoms. The lowest BCUT2D eigenvalue weighted by Crippen LogP contribution is -2.02. The first-order valence-corrected chi connectivity index (χ1v) is 7.12. The van der Waals surface area contributed by atoms with E-state index < -0.39 is 6.10 Å². The third-order valence-corrected chi connectivity index (χ3v) is 4.00. The van der Waals surface area contributed by atoms with Gasteiger partial charge in [-0.1, -0.05) is 36.4 Å². The van der Waals surface area contributed by atoms with Crippen LogP contribution in [0, 0.1) is 5.82 Å². The Morgan fingerprint density at radius 1 is 1.20 bits per heavy atom. The van der Waals surface area contributed by atoms with Crippen molar-refractivity contribution in [2.75, 3.05) is 13.7 Å². The molecule has 1 unspecified atom stereocenters. The highest BCUT2D eigenvalue weighted by molar-refractivity contribution is 9.10. The van der Waals surface area contributed by atoms with Gasteiger partial charge in [0.2, 0.25) is 0 Å². The van der Waals surface area contributed by atoms with Crippen molar-refractivity contribution >= 4 is 15.9 Å². The molecule has 0 aliphatic carbocycles. The van der Waals surface area contributed by atoms with E-state index in [9.17, 15) is 9.50 Å². The van der Waals surface area contributed by atoms with Gasteiger partial charge in [-0.3, -0.25) is 0 Å². The van der Waals surface area contributed by atoms with Gasteiger partial charge in [-0.25, -0.2) is 4.39 Å². The predicted octanol–water partition coefficient (Wildman–Crippen LogP) is 3.86. The number of aliphatic hydroxyl groups excluding tert-OH is 1. The maximum absolute atomic E-state index is 13.5. The quantitative estimate of drug-likeness (QED) is 0.896. The predicted molar refractivity (Wildman–Crippen MR) is 80.2 cm³/mol. The van der Waals surface area contributed by atoms with E-state index in [1.54, 1.807) is 19.2 Å². The highest BCUT2D eigenvalue weighted by Gasteiger charge is 2.15. The Hall–Kier alpha value is -1.23. The molecule has 1 atom stereocenters. The van der Waals surface area contributed by atoms with E-state index in [0.717, 1.165) is 17.5 Å². The second kappa shape index (κ2) is 6.97. The van der Waals surface area contributed by atoms with Gasteiger partial charge >= 0.3 is 0 Å². The number of benzene rings is 2. The largest absolute Gasteiger partial charge is 0.384 e. The molecule has 0 aliphatic rings. The molecule has 0 fully saturated rings. The average molecular weight is 339 g/mol. The van der Waals surface area contributed by atoms with Crippen LogP contribution in [0.5, 0.6) is 0 Å². The van der Waals surface area contributed by atoms with Crippen molar-refractivity contribution in [1.29, 1.82) is 0 Å². The van der Waals surface area contributed by atoms with Crippen molar-refractivity contribution in [3.05, 3.63) is 69.4 Å². The van der Waals surface area contributed by atoms with Gasteiger partial charge in [0.1, 0.15) is 11.9 Å². The van der Waals surface area contributed by atoms with Crippen LogP contribution in [0.25, 0.3) is 0 Å². The van der Waals surface area contributed by atoms with E-state index in [2.05, 4.69) is 15.9 Å². The molecule has 106 valence electrons. The van der Waals surface area contributed by atoms with Crippen molar-refractivity contribution < 1.29 is 14.2 Å². The fourth-order valence-electron chi connectivity index (χ4n) is 2.00. The lowest BCUT2D eigenvalue weighted by Gasteiger charge is -2.14. The minimum Gasteiger partial charge on any atom is -0.384 e. The van der Waals surface area contributed by atoms with Gasteiger partial charge in [0.05, 0.1) is 11.1 Å². The molecule has 0 aromatic heterocycles. The summed E-state index contributed by atoms with van der Waals surface area (Å²) in [5.74, 6) is -0.377. The van der Waals surface area contributed by atoms with Gasteiger partial charge in [-0.2, -0.15) is 0 Å². The van der Waals surface area contributed by atoms with Gasteiger partial charge in [0, 0.05) is 12.7 Å². The topological polar surface area (TPSA) is 29.5 Å². The van der Waals surface area contributed by atoms with E-state index in [1.807, 2.05) is 24.3 Å². The second-order valence-electron chi connectivity index (χ2n) is 4.53. The molecule has 0 amide bonds. The first kappa shape index (κ1) is 15.2. The zero-order chi connectivity index (χ0) is 14.5. The van der Waals surface area contributed by atoms with Crippen LogP contribution in [0.3, 0.4) is 0 Å². The Balaban J connectivity index is 2.20. The monoisotopic (exact) mass is 338 g/mol. The lowest BCUT2D eigenvalue weighted by molar-refractivity contribution is 0.202. The molecule has 2 aromatic rings. The minimum atomic E-state index is -0.850. The SMILES string of the molecule is COCCc1ccc(C(O)c2cccc(F)c2Br)cc1. The molecular formula is C16H16BrFO2. The van der Waals surface area contributed by atoms with Crippen molar-refractivity contribution in [2.45, 2.75) is 12.5 Å². The molecule has 0 heterocycles. The van der Waals surface area contributed by atoms with Gasteiger partial charge in [-0.05, 0) is 39.5 Å². The number of ether oxygens (including phenoxy) is 1. The first-order valence-electron chi connectivity index (χ1n) is 6.33. The molecule has 0 spiro atoms. The van der Waals surface area contributed by atoms with Crippen LogP contribution in [-0.2, 0) is 11.2 Å². The summed E-state index contributed by atoms with van der Waals surface area (Å²) in [5.41, 5.74) is 2.40. The summed E-state index contributed by atoms with van der Waals surface area (Å²) in [6, 6.07) is 12.3. The standard InChI is InChI=1S/C16H16BrFO2/c1-20-10-9-11-5-7-12(8-6-11)16(19)13-3-2-4-14(18)15(13)17/h2-8,16,19H,9-10H2,1H3. The Kier molecular flexibility index (Phi) is 5.29. The molecule has 2 aromatic carbocycles. The smallest absolute Gasteiger partial charge is 0.137 e. The van der Waals surface area contributed by atoms with Gasteiger partial charge < -0.3 is 9.84 Å². The summed E-state index contributed by atoms with van der Waals surface area (Å²) in [7, 11) is 1.67. The van der Waals surface area contributed by atoms with Gasteiger partial charge in [-0.15, -0.1) is 0 Å². The summed E-state index contributed by atoms with van der Waals surface area (Å²) < 4.78 is 18.8. The van der Waals surface area contributed by atoms with E-state index in [-0.39, 0.29) is 5.82 Å². The van der Waals surface area contributed by atoms with Crippen molar-refractivity contribution in [1.82, 2.24) is 0 Å². The van der Waals surface area contributed by atoms with Crippen LogP contribution in [0.4, 0.5) is 4.39 Å². The number of hydrogen-bond donors (Lipinski definition) is 1. The van der Waals surface area contributed by atoms with E-state index in [1.165, 1.54) is 6.07 Å². The molecule has 0 radical (unpaired) electrons. The molecule has 0 saturated heterocycles. The molecule has 0 bridgehead atoms. The van der Waals surface area contributed by atoms with Crippen molar-refractivity contribution in [3.63, 3.8) is 0 Å². The molecule has 0 aliphatic heterocycles. The summed E-state index contributed by atoms with van der Waals surface area (Å²) in [5, 5.41) is 10.3. The number of hydrogen-bond acceptors (Lipinski definition) is 2. The van der Waals surface area contributed by atoms with Crippen LogP contribution in [-0.4, -0.2) is 18.8 Å². The van der Waals surface area contributed by atoms with E-state index >= 15 is 0 Å². The molecule has 2 nitrogen and oxygen atoms in total. The summed E-state index contributed by atoms with van der Waals surface area (Å²) >= 11 is 3.18. The zero-order valence-electron chi connectivity index (χ0n) is 11.1. The fourth-order valence-corrected chi connectivity index (χ4v) is 2.48. The van der Waals surface area contributed by atoms with Crippen LogP contribution in [0.1, 0.15) is 22.8 Å². The number of rotatable bonds is 5. The first-order chi connectivity index (χ1) is 9.63. The minimum absolute atomic E-state index is 0.302. The number of aliphatic hydroxyl groups is 1. The third kappa shape index (κ3) is 3.45. The summed E-state index contributed by atoms with van der Waals surface area (Å²) in [4.78, 5) is 0. The van der Waals surface area contributed by atoms with Crippen molar-refractivity contribution in [3.8, 4) is 0 Å². The molecule has 1 N–H and O–H groups in total. The van der Waals surface area contributed by atoms with Gasteiger partial charge in [0.15, 0.2) is 0 Å². The highest BCUT2D eigenvalue weighted by atomic mass is 79.9. The summed E-state index contributed by atoms with van der Waals surface area (Å²) in [6.07, 6.45) is -0.0205. The normalized spacial score (nSPS) is 12.4. The second-order valence-corrected chi connectivity index (χ2v) is 5.32. The fraction of sp³-hybridized carbons (Fsp3) is 0.250. The summed E-state index contributed by atoms with van der Waals surface area (Å²) in [6.45, 7) is 0.664.